The lowest BCUT2D eigenvalue weighted by Crippen LogP contribution is -2.73. The SMILES string of the molecule is CCCC(CC)C1(N)CCCCC1(N)C(CC)CCC. The third kappa shape index (κ3) is 3.22. The van der Waals surface area contributed by atoms with E-state index in [0.717, 1.165) is 12.8 Å². The first-order valence-corrected chi connectivity index (χ1v) is 9.07. The highest BCUT2D eigenvalue weighted by Gasteiger charge is 2.53. The van der Waals surface area contributed by atoms with Crippen molar-refractivity contribution < 1.29 is 0 Å². The molecule has 2 heteroatoms. The molecule has 0 aliphatic heterocycles. The van der Waals surface area contributed by atoms with Crippen molar-refractivity contribution in [3.8, 4) is 0 Å². The predicted molar refractivity (Wildman–Crippen MR) is 89.7 cm³/mol. The number of nitrogens with two attached hydrogens (primary N) is 2. The second kappa shape index (κ2) is 7.79. The van der Waals surface area contributed by atoms with Gasteiger partial charge < -0.3 is 11.5 Å². The van der Waals surface area contributed by atoms with Gasteiger partial charge in [-0.2, -0.15) is 0 Å². The van der Waals surface area contributed by atoms with Crippen molar-refractivity contribution in [1.82, 2.24) is 0 Å². The molecule has 0 spiro atoms. The molecule has 0 amide bonds. The molecule has 0 bridgehead atoms. The molecule has 4 unspecified atom stereocenters. The molecule has 1 aliphatic carbocycles. The third-order valence-electron chi connectivity index (χ3n) is 6.01. The van der Waals surface area contributed by atoms with E-state index in [4.69, 9.17) is 11.5 Å². The highest BCUT2D eigenvalue weighted by Crippen LogP contribution is 2.47. The summed E-state index contributed by atoms with van der Waals surface area (Å²) in [6.45, 7) is 9.14. The summed E-state index contributed by atoms with van der Waals surface area (Å²) in [6, 6.07) is 0. The van der Waals surface area contributed by atoms with Crippen LogP contribution in [0.3, 0.4) is 0 Å². The first kappa shape index (κ1) is 18.0. The van der Waals surface area contributed by atoms with Crippen LogP contribution in [0.25, 0.3) is 0 Å². The Labute approximate surface area is 127 Å². The third-order valence-corrected chi connectivity index (χ3v) is 6.01. The van der Waals surface area contributed by atoms with E-state index in [2.05, 4.69) is 27.7 Å². The van der Waals surface area contributed by atoms with Crippen LogP contribution in [0.4, 0.5) is 0 Å². The molecule has 2 nitrogen and oxygen atoms in total. The van der Waals surface area contributed by atoms with Crippen molar-refractivity contribution in [3.05, 3.63) is 0 Å². The lowest BCUT2D eigenvalue weighted by Gasteiger charge is -2.57. The monoisotopic (exact) mass is 282 g/mol. The van der Waals surface area contributed by atoms with Crippen LogP contribution in [0, 0.1) is 11.8 Å². The van der Waals surface area contributed by atoms with Crippen molar-refractivity contribution in [2.45, 2.75) is 103 Å². The Morgan fingerprint density at radius 2 is 1.10 bits per heavy atom. The zero-order valence-electron chi connectivity index (χ0n) is 14.4. The normalized spacial score (nSPS) is 33.9. The van der Waals surface area contributed by atoms with Gasteiger partial charge >= 0.3 is 0 Å². The van der Waals surface area contributed by atoms with Crippen LogP contribution in [0.5, 0.6) is 0 Å². The van der Waals surface area contributed by atoms with Crippen molar-refractivity contribution in [3.63, 3.8) is 0 Å². The van der Waals surface area contributed by atoms with Crippen LogP contribution in [-0.4, -0.2) is 11.1 Å². The maximum absolute atomic E-state index is 7.06. The van der Waals surface area contributed by atoms with Gasteiger partial charge in [-0.25, -0.2) is 0 Å². The fraction of sp³-hybridized carbons (Fsp3) is 1.00. The summed E-state index contributed by atoms with van der Waals surface area (Å²) < 4.78 is 0. The lowest BCUT2D eigenvalue weighted by atomic mass is 9.55. The Kier molecular flexibility index (Phi) is 7.00. The predicted octanol–water partition coefficient (Wildman–Crippen LogP) is 4.61. The summed E-state index contributed by atoms with van der Waals surface area (Å²) in [7, 11) is 0. The van der Waals surface area contributed by atoms with Gasteiger partial charge in [0, 0.05) is 11.1 Å². The van der Waals surface area contributed by atoms with Crippen LogP contribution in [0.15, 0.2) is 0 Å². The van der Waals surface area contributed by atoms with Crippen LogP contribution in [0.2, 0.25) is 0 Å². The summed E-state index contributed by atoms with van der Waals surface area (Å²) in [6.07, 6.45) is 12.0. The van der Waals surface area contributed by atoms with E-state index in [0.29, 0.717) is 11.8 Å². The summed E-state index contributed by atoms with van der Waals surface area (Å²) in [5.74, 6) is 1.17. The Hall–Kier alpha value is -0.0800. The average molecular weight is 283 g/mol. The summed E-state index contributed by atoms with van der Waals surface area (Å²) in [5, 5.41) is 0. The van der Waals surface area contributed by atoms with E-state index >= 15 is 0 Å². The fourth-order valence-corrected chi connectivity index (χ4v) is 4.82. The second-order valence-electron chi connectivity index (χ2n) is 7.08. The lowest BCUT2D eigenvalue weighted by molar-refractivity contribution is 0.0274. The molecule has 0 aromatic rings. The Morgan fingerprint density at radius 1 is 0.750 bits per heavy atom. The minimum absolute atomic E-state index is 0.147. The van der Waals surface area contributed by atoms with E-state index in [-0.39, 0.29) is 11.1 Å². The van der Waals surface area contributed by atoms with Crippen molar-refractivity contribution in [2.75, 3.05) is 0 Å². The van der Waals surface area contributed by atoms with Gasteiger partial charge in [-0.05, 0) is 37.5 Å². The zero-order chi connectivity index (χ0) is 15.2. The molecule has 0 aromatic carbocycles. The molecule has 1 fully saturated rings. The van der Waals surface area contributed by atoms with Gasteiger partial charge in [0.2, 0.25) is 0 Å². The van der Waals surface area contributed by atoms with Gasteiger partial charge in [-0.3, -0.25) is 0 Å². The number of hydrogen-bond donors (Lipinski definition) is 2. The molecule has 0 aromatic heterocycles. The zero-order valence-corrected chi connectivity index (χ0v) is 14.4. The molecule has 120 valence electrons. The van der Waals surface area contributed by atoms with Crippen molar-refractivity contribution in [2.24, 2.45) is 23.3 Å². The molecule has 4 atom stereocenters. The molecule has 1 aliphatic rings. The van der Waals surface area contributed by atoms with E-state index in [1.807, 2.05) is 0 Å². The number of rotatable bonds is 8. The van der Waals surface area contributed by atoms with Crippen molar-refractivity contribution >= 4 is 0 Å². The van der Waals surface area contributed by atoms with E-state index in [9.17, 15) is 0 Å². The van der Waals surface area contributed by atoms with Crippen LogP contribution < -0.4 is 11.5 Å². The van der Waals surface area contributed by atoms with Crippen molar-refractivity contribution in [1.29, 1.82) is 0 Å². The summed E-state index contributed by atoms with van der Waals surface area (Å²) >= 11 is 0. The first-order valence-electron chi connectivity index (χ1n) is 9.07. The van der Waals surface area contributed by atoms with E-state index in [1.54, 1.807) is 0 Å². The van der Waals surface area contributed by atoms with Crippen LogP contribution in [0.1, 0.15) is 91.9 Å². The number of hydrogen-bond acceptors (Lipinski definition) is 2. The topological polar surface area (TPSA) is 52.0 Å². The maximum Gasteiger partial charge on any atom is 0.0368 e. The van der Waals surface area contributed by atoms with Gasteiger partial charge in [0.1, 0.15) is 0 Å². The smallest absolute Gasteiger partial charge is 0.0368 e. The summed E-state index contributed by atoms with van der Waals surface area (Å²) in [4.78, 5) is 0. The molecule has 1 saturated carbocycles. The van der Waals surface area contributed by atoms with Gasteiger partial charge in [0.05, 0.1) is 0 Å². The molecule has 1 rings (SSSR count). The summed E-state index contributed by atoms with van der Waals surface area (Å²) in [5.41, 5.74) is 13.8. The molecule has 0 heterocycles. The molecule has 0 saturated heterocycles. The Bertz CT molecular complexity index is 251. The molecular formula is C18H38N2. The first-order chi connectivity index (χ1) is 9.50. The Morgan fingerprint density at radius 3 is 1.35 bits per heavy atom. The van der Waals surface area contributed by atoms with Crippen LogP contribution >= 0.6 is 0 Å². The molecule has 0 radical (unpaired) electrons. The van der Waals surface area contributed by atoms with Gasteiger partial charge in [-0.15, -0.1) is 0 Å². The van der Waals surface area contributed by atoms with Gasteiger partial charge in [0.25, 0.3) is 0 Å². The average Bonchev–Trinajstić information content (AvgIpc) is 2.45. The highest BCUT2D eigenvalue weighted by atomic mass is 15.0. The van der Waals surface area contributed by atoms with E-state index in [1.165, 1.54) is 51.4 Å². The van der Waals surface area contributed by atoms with Crippen LogP contribution in [-0.2, 0) is 0 Å². The standard InChI is InChI=1S/C18H38N2/c1-5-11-15(7-3)17(19)13-9-10-14-18(17,20)16(8-4)12-6-2/h15-16H,5-14,19-20H2,1-4H3. The van der Waals surface area contributed by atoms with E-state index < -0.39 is 0 Å². The molecular weight excluding hydrogens is 244 g/mol. The quantitative estimate of drug-likeness (QED) is 0.683. The Balaban J connectivity index is 3.09. The molecule has 4 N–H and O–H groups in total. The van der Waals surface area contributed by atoms with Gasteiger partial charge in [0.15, 0.2) is 0 Å². The maximum atomic E-state index is 7.06. The highest BCUT2D eigenvalue weighted by molar-refractivity contribution is 5.14. The minimum Gasteiger partial charge on any atom is -0.323 e. The fourth-order valence-electron chi connectivity index (χ4n) is 4.82. The molecule has 20 heavy (non-hydrogen) atoms. The largest absolute Gasteiger partial charge is 0.323 e. The minimum atomic E-state index is -0.147. The van der Waals surface area contributed by atoms with Gasteiger partial charge in [-0.1, -0.05) is 66.2 Å². The second-order valence-corrected chi connectivity index (χ2v) is 7.08.